The second-order valence-corrected chi connectivity index (χ2v) is 9.79. The van der Waals surface area contributed by atoms with E-state index >= 15 is 0 Å². The number of hydrogen-bond donors (Lipinski definition) is 0. The largest absolute Gasteiger partial charge is 0.497 e. The summed E-state index contributed by atoms with van der Waals surface area (Å²) >= 11 is 12.5. The van der Waals surface area contributed by atoms with Crippen molar-refractivity contribution in [3.05, 3.63) is 70.2 Å². The number of carbonyl (C=O) groups is 2. The minimum absolute atomic E-state index is 0.0906. The van der Waals surface area contributed by atoms with Crippen LogP contribution in [0.1, 0.15) is 25.0 Å². The number of benzene rings is 2. The smallest absolute Gasteiger partial charge is 0.303 e. The van der Waals surface area contributed by atoms with Gasteiger partial charge in [0.15, 0.2) is 0 Å². The van der Waals surface area contributed by atoms with Crippen molar-refractivity contribution in [1.82, 2.24) is 4.57 Å². The molecule has 0 aliphatic carbocycles. The first-order valence-electron chi connectivity index (χ1n) is 11.9. The lowest BCUT2D eigenvalue weighted by molar-refractivity contribution is -0.201. The van der Waals surface area contributed by atoms with Crippen LogP contribution in [0.4, 0.5) is 0 Å². The zero-order chi connectivity index (χ0) is 27.0. The molecule has 0 bridgehead atoms. The molecule has 0 unspecified atom stereocenters. The van der Waals surface area contributed by atoms with E-state index in [-0.39, 0.29) is 6.61 Å². The van der Waals surface area contributed by atoms with E-state index in [1.807, 2.05) is 35.0 Å². The number of halogens is 2. The number of ether oxygens (including phenoxy) is 5. The van der Waals surface area contributed by atoms with Crippen LogP contribution in [-0.4, -0.2) is 60.7 Å². The molecule has 199 valence electrons. The van der Waals surface area contributed by atoms with Crippen LogP contribution in [0, 0.1) is 6.42 Å². The fraction of sp³-hybridized carbons (Fsp3) is 0.333. The molecule has 9 nitrogen and oxygen atoms in total. The molecular weight excluding hydrogens is 535 g/mol. The second-order valence-electron chi connectivity index (χ2n) is 8.94. The van der Waals surface area contributed by atoms with E-state index < -0.39 is 36.5 Å². The number of nitrogens with zero attached hydrogens (tertiary/aromatic N) is 2. The van der Waals surface area contributed by atoms with Crippen molar-refractivity contribution in [3.63, 3.8) is 0 Å². The Hall–Kier alpha value is -3.27. The Morgan fingerprint density at radius 1 is 1.11 bits per heavy atom. The van der Waals surface area contributed by atoms with E-state index in [0.29, 0.717) is 28.2 Å². The van der Waals surface area contributed by atoms with Gasteiger partial charge in [-0.25, -0.2) is 4.99 Å². The molecule has 1 saturated heterocycles. The second kappa shape index (κ2) is 10.8. The molecule has 0 spiro atoms. The number of fused-ring (bicyclic) bond motifs is 2. The van der Waals surface area contributed by atoms with Crippen molar-refractivity contribution in [3.8, 4) is 5.75 Å². The summed E-state index contributed by atoms with van der Waals surface area (Å²) in [4.78, 5) is 27.7. The number of hydrogen-bond acceptors (Lipinski definition) is 8. The van der Waals surface area contributed by atoms with Gasteiger partial charge < -0.3 is 28.3 Å². The molecule has 0 saturated carbocycles. The molecule has 2 aromatic carbocycles. The summed E-state index contributed by atoms with van der Waals surface area (Å²) in [6, 6.07) is 10.6. The van der Waals surface area contributed by atoms with E-state index in [0.717, 1.165) is 22.0 Å². The first-order valence-corrected chi connectivity index (χ1v) is 12.6. The SMILES string of the molecule is COc1ccc2c(C3=N[C@@H]4[CH][C@H](OC(C)=O)[C@@H](COC(C)=O)O[C@@H]4O3)cn(Cc3ccc(Cl)cc3Cl)c2c1. The molecule has 1 fully saturated rings. The molecule has 1 radical (unpaired) electrons. The van der Waals surface area contributed by atoms with Gasteiger partial charge in [-0.15, -0.1) is 0 Å². The average molecular weight is 560 g/mol. The van der Waals surface area contributed by atoms with Crippen LogP contribution in [0.15, 0.2) is 47.6 Å². The highest BCUT2D eigenvalue weighted by Crippen LogP contribution is 2.35. The summed E-state index contributed by atoms with van der Waals surface area (Å²) in [6.07, 6.45) is 1.44. The van der Waals surface area contributed by atoms with Crippen LogP contribution in [0.5, 0.6) is 5.75 Å². The van der Waals surface area contributed by atoms with E-state index in [1.54, 1.807) is 25.7 Å². The van der Waals surface area contributed by atoms with E-state index in [4.69, 9.17) is 51.9 Å². The first-order chi connectivity index (χ1) is 18.2. The lowest BCUT2D eigenvalue weighted by Gasteiger charge is -2.35. The third-order valence-electron chi connectivity index (χ3n) is 6.26. The summed E-state index contributed by atoms with van der Waals surface area (Å²) in [5.41, 5.74) is 2.53. The van der Waals surface area contributed by atoms with Crippen LogP contribution >= 0.6 is 23.2 Å². The Balaban J connectivity index is 1.47. The molecule has 11 heteroatoms. The van der Waals surface area contributed by atoms with Gasteiger partial charge >= 0.3 is 11.9 Å². The monoisotopic (exact) mass is 559 g/mol. The number of aromatic nitrogens is 1. The Morgan fingerprint density at radius 2 is 1.92 bits per heavy atom. The number of aliphatic imine (C=N–C) groups is 1. The fourth-order valence-electron chi connectivity index (χ4n) is 4.52. The van der Waals surface area contributed by atoms with Crippen LogP contribution in [0.2, 0.25) is 10.0 Å². The summed E-state index contributed by atoms with van der Waals surface area (Å²) in [5.74, 6) is 0.123. The van der Waals surface area contributed by atoms with Crippen LogP contribution in [-0.2, 0) is 35.1 Å². The third-order valence-corrected chi connectivity index (χ3v) is 6.85. The molecule has 4 atom stereocenters. The number of rotatable bonds is 7. The summed E-state index contributed by atoms with van der Waals surface area (Å²) in [7, 11) is 1.61. The quantitative estimate of drug-likeness (QED) is 0.391. The van der Waals surface area contributed by atoms with Crippen molar-refractivity contribution in [2.24, 2.45) is 4.99 Å². The molecule has 3 heterocycles. The molecule has 0 amide bonds. The highest BCUT2D eigenvalue weighted by Gasteiger charge is 2.46. The maximum Gasteiger partial charge on any atom is 0.303 e. The normalized spacial score (nSPS) is 22.4. The Morgan fingerprint density at radius 3 is 2.63 bits per heavy atom. The maximum atomic E-state index is 11.7. The Kier molecular flexibility index (Phi) is 7.52. The van der Waals surface area contributed by atoms with E-state index in [9.17, 15) is 9.59 Å². The van der Waals surface area contributed by atoms with E-state index in [2.05, 4.69) is 0 Å². The molecule has 2 aliphatic heterocycles. The average Bonchev–Trinajstić information content (AvgIpc) is 3.44. The minimum atomic E-state index is -0.764. The standard InChI is InChI=1S/C27H25Cl2N2O7/c1-14(32)35-13-25-24(36-15(2)33)10-22-27(37-25)38-26(30-22)20-12-31(11-16-4-5-17(28)8-21(16)29)23-9-18(34-3)6-7-19(20)23/h4-10,12,22,24-25,27H,11,13H2,1-3H3/t22-,24+,25-,27-/m1/s1. The van der Waals surface area contributed by atoms with Gasteiger partial charge in [-0.3, -0.25) is 9.59 Å². The van der Waals surface area contributed by atoms with Crippen LogP contribution in [0.25, 0.3) is 10.9 Å². The molecule has 3 aromatic rings. The molecule has 0 N–H and O–H groups in total. The van der Waals surface area contributed by atoms with Gasteiger partial charge in [0.05, 0.1) is 18.2 Å². The third kappa shape index (κ3) is 5.45. The minimum Gasteiger partial charge on any atom is -0.497 e. The van der Waals surface area contributed by atoms with Crippen molar-refractivity contribution < 1.29 is 33.3 Å². The lowest BCUT2D eigenvalue weighted by atomic mass is 10.0. The number of methoxy groups -OCH3 is 1. The zero-order valence-corrected chi connectivity index (χ0v) is 22.4. The number of esters is 2. The Bertz CT molecular complexity index is 1420. The number of carbonyl (C=O) groups excluding carboxylic acids is 2. The maximum absolute atomic E-state index is 11.7. The van der Waals surface area contributed by atoms with Gasteiger partial charge in [-0.1, -0.05) is 29.3 Å². The van der Waals surface area contributed by atoms with E-state index in [1.165, 1.54) is 13.8 Å². The Labute approximate surface area is 229 Å². The predicted octanol–water partition coefficient (Wildman–Crippen LogP) is 4.57. The van der Waals surface area contributed by atoms with Crippen molar-refractivity contribution in [1.29, 1.82) is 0 Å². The molecule has 2 aliphatic rings. The molecule has 5 rings (SSSR count). The summed E-state index contributed by atoms with van der Waals surface area (Å²) in [6.45, 7) is 2.98. The summed E-state index contributed by atoms with van der Waals surface area (Å²) in [5, 5.41) is 2.01. The van der Waals surface area contributed by atoms with Gasteiger partial charge in [0, 0.05) is 54.5 Å². The van der Waals surface area contributed by atoms with Crippen molar-refractivity contribution in [2.45, 2.75) is 44.9 Å². The molecule has 1 aromatic heterocycles. The zero-order valence-electron chi connectivity index (χ0n) is 20.9. The van der Waals surface area contributed by atoms with Crippen molar-refractivity contribution >= 4 is 51.9 Å². The van der Waals surface area contributed by atoms with Crippen LogP contribution in [0.3, 0.4) is 0 Å². The predicted molar refractivity (Wildman–Crippen MR) is 141 cm³/mol. The molecular formula is C27H25Cl2N2O7. The molecule has 38 heavy (non-hydrogen) atoms. The van der Waals surface area contributed by atoms with Gasteiger partial charge in [-0.05, 0) is 29.8 Å². The van der Waals surface area contributed by atoms with Gasteiger partial charge in [0.1, 0.15) is 30.6 Å². The van der Waals surface area contributed by atoms with Crippen LogP contribution < -0.4 is 4.74 Å². The fourth-order valence-corrected chi connectivity index (χ4v) is 4.99. The van der Waals surface area contributed by atoms with Crippen molar-refractivity contribution in [2.75, 3.05) is 13.7 Å². The highest BCUT2D eigenvalue weighted by molar-refractivity contribution is 6.35. The van der Waals surface area contributed by atoms with Gasteiger partial charge in [-0.2, -0.15) is 0 Å². The topological polar surface area (TPSA) is 97.6 Å². The summed E-state index contributed by atoms with van der Waals surface area (Å²) < 4.78 is 30.2. The lowest BCUT2D eigenvalue weighted by Crippen LogP contribution is -2.50. The first kappa shape index (κ1) is 26.3. The van der Waals surface area contributed by atoms with Gasteiger partial charge in [0.25, 0.3) is 0 Å². The highest BCUT2D eigenvalue weighted by atomic mass is 35.5. The van der Waals surface area contributed by atoms with Gasteiger partial charge in [0.2, 0.25) is 12.2 Å².